The lowest BCUT2D eigenvalue weighted by atomic mass is 10.1. The molecule has 2 rings (SSSR count). The number of sulfonamides is 1. The molecule has 0 aliphatic rings. The Kier molecular flexibility index (Phi) is 11.3. The normalized spacial score (nSPS) is 12.3. The van der Waals surface area contributed by atoms with Gasteiger partial charge in [0.1, 0.15) is 6.04 Å². The van der Waals surface area contributed by atoms with Crippen molar-refractivity contribution in [1.29, 1.82) is 0 Å². The molecule has 1 N–H and O–H groups in total. The Hall–Kier alpha value is -2.10. The number of rotatable bonds is 12. The van der Waals surface area contributed by atoms with Gasteiger partial charge < -0.3 is 10.2 Å². The number of nitrogens with one attached hydrogen (secondary N) is 1. The van der Waals surface area contributed by atoms with Crippen molar-refractivity contribution in [3.05, 3.63) is 63.1 Å². The second-order valence-electron chi connectivity index (χ2n) is 9.29. The maximum Gasteiger partial charge on any atom is 0.242 e. The summed E-state index contributed by atoms with van der Waals surface area (Å²) in [7, 11) is -3.59. The third kappa shape index (κ3) is 8.78. The van der Waals surface area contributed by atoms with Crippen LogP contribution >= 0.6 is 27.5 Å². The van der Waals surface area contributed by atoms with E-state index < -0.39 is 16.1 Å². The highest BCUT2D eigenvalue weighted by molar-refractivity contribution is 9.10. The van der Waals surface area contributed by atoms with Gasteiger partial charge in [0.25, 0.3) is 0 Å². The van der Waals surface area contributed by atoms with Gasteiger partial charge in [-0.2, -0.15) is 0 Å². The molecular formula is C26H35BrClN3O4S. The third-order valence-corrected chi connectivity index (χ3v) is 7.84. The molecule has 36 heavy (non-hydrogen) atoms. The van der Waals surface area contributed by atoms with Gasteiger partial charge in [-0.05, 0) is 61.6 Å². The number of benzene rings is 2. The molecule has 198 valence electrons. The largest absolute Gasteiger partial charge is 0.354 e. The Labute approximate surface area is 228 Å². The first-order valence-electron chi connectivity index (χ1n) is 11.9. The SMILES string of the molecule is Cc1c(Cl)cccc1N(CCCC(=O)N(Cc1cccc(Br)c1)C(C)C(=O)NCC(C)C)S(C)(=O)=O. The van der Waals surface area contributed by atoms with E-state index in [1.807, 2.05) is 38.1 Å². The van der Waals surface area contributed by atoms with Crippen LogP contribution in [0.1, 0.15) is 44.7 Å². The molecule has 7 nitrogen and oxygen atoms in total. The Morgan fingerprint density at radius 1 is 1.11 bits per heavy atom. The third-order valence-electron chi connectivity index (χ3n) is 5.75. The van der Waals surface area contributed by atoms with Crippen molar-refractivity contribution in [2.75, 3.05) is 23.7 Å². The van der Waals surface area contributed by atoms with E-state index in [4.69, 9.17) is 11.6 Å². The molecule has 0 bridgehead atoms. The number of anilines is 1. The van der Waals surface area contributed by atoms with Crippen LogP contribution in [0.25, 0.3) is 0 Å². The minimum absolute atomic E-state index is 0.0848. The molecule has 0 saturated carbocycles. The molecule has 1 atom stereocenters. The van der Waals surface area contributed by atoms with Crippen LogP contribution in [-0.2, 0) is 26.2 Å². The maximum absolute atomic E-state index is 13.4. The van der Waals surface area contributed by atoms with Crippen molar-refractivity contribution >= 4 is 55.1 Å². The Morgan fingerprint density at radius 3 is 2.39 bits per heavy atom. The molecule has 0 saturated heterocycles. The summed E-state index contributed by atoms with van der Waals surface area (Å²) in [5.74, 6) is -0.162. The monoisotopic (exact) mass is 599 g/mol. The number of nitrogens with zero attached hydrogens (tertiary/aromatic N) is 2. The molecule has 0 spiro atoms. The van der Waals surface area contributed by atoms with Gasteiger partial charge in [-0.3, -0.25) is 13.9 Å². The highest BCUT2D eigenvalue weighted by atomic mass is 79.9. The second kappa shape index (κ2) is 13.4. The van der Waals surface area contributed by atoms with Gasteiger partial charge in [-0.15, -0.1) is 0 Å². The van der Waals surface area contributed by atoms with E-state index in [0.29, 0.717) is 22.8 Å². The summed E-state index contributed by atoms with van der Waals surface area (Å²) in [6.07, 6.45) is 1.50. The van der Waals surface area contributed by atoms with E-state index in [1.165, 1.54) is 4.31 Å². The smallest absolute Gasteiger partial charge is 0.242 e. The Balaban J connectivity index is 2.20. The van der Waals surface area contributed by atoms with Crippen molar-refractivity contribution in [3.63, 3.8) is 0 Å². The quantitative estimate of drug-likeness (QED) is 0.365. The Morgan fingerprint density at radius 2 is 1.78 bits per heavy atom. The summed E-state index contributed by atoms with van der Waals surface area (Å²) in [6, 6.07) is 12.0. The predicted octanol–water partition coefficient (Wildman–Crippen LogP) is 5.15. The van der Waals surface area contributed by atoms with E-state index in [9.17, 15) is 18.0 Å². The molecule has 0 fully saturated rings. The first-order valence-corrected chi connectivity index (χ1v) is 14.9. The van der Waals surface area contributed by atoms with Crippen LogP contribution in [0.15, 0.2) is 46.9 Å². The van der Waals surface area contributed by atoms with Crippen LogP contribution in [0.5, 0.6) is 0 Å². The van der Waals surface area contributed by atoms with Gasteiger partial charge in [-0.1, -0.05) is 59.6 Å². The first-order chi connectivity index (χ1) is 16.8. The fourth-order valence-electron chi connectivity index (χ4n) is 3.72. The molecule has 0 heterocycles. The van der Waals surface area contributed by atoms with Gasteiger partial charge in [0, 0.05) is 35.6 Å². The highest BCUT2D eigenvalue weighted by Gasteiger charge is 2.27. The lowest BCUT2D eigenvalue weighted by molar-refractivity contribution is -0.140. The zero-order valence-electron chi connectivity index (χ0n) is 21.4. The number of hydrogen-bond donors (Lipinski definition) is 1. The van der Waals surface area contributed by atoms with Gasteiger partial charge >= 0.3 is 0 Å². The van der Waals surface area contributed by atoms with Crippen LogP contribution in [0.2, 0.25) is 5.02 Å². The fraction of sp³-hybridized carbons (Fsp3) is 0.462. The molecule has 0 radical (unpaired) electrons. The van der Waals surface area contributed by atoms with Crippen molar-refractivity contribution in [2.24, 2.45) is 5.92 Å². The van der Waals surface area contributed by atoms with Gasteiger partial charge in [0.2, 0.25) is 21.8 Å². The summed E-state index contributed by atoms with van der Waals surface area (Å²) < 4.78 is 27.2. The van der Waals surface area contributed by atoms with Gasteiger partial charge in [-0.25, -0.2) is 8.42 Å². The summed E-state index contributed by atoms with van der Waals surface area (Å²) in [6.45, 7) is 8.38. The molecule has 0 aliphatic heterocycles. The van der Waals surface area contributed by atoms with Crippen molar-refractivity contribution in [1.82, 2.24) is 10.2 Å². The summed E-state index contributed by atoms with van der Waals surface area (Å²) in [4.78, 5) is 27.7. The molecular weight excluding hydrogens is 566 g/mol. The number of carbonyl (C=O) groups excluding carboxylic acids is 2. The number of halogens is 2. The molecule has 1 unspecified atom stereocenters. The number of carbonyl (C=O) groups is 2. The molecule has 2 aromatic carbocycles. The van der Waals surface area contributed by atoms with Crippen LogP contribution in [0.4, 0.5) is 5.69 Å². The molecule has 0 aliphatic carbocycles. The number of amides is 2. The van der Waals surface area contributed by atoms with E-state index in [-0.39, 0.29) is 43.7 Å². The van der Waals surface area contributed by atoms with E-state index in [0.717, 1.165) is 16.3 Å². The van der Waals surface area contributed by atoms with Crippen LogP contribution in [0, 0.1) is 12.8 Å². The summed E-state index contributed by atoms with van der Waals surface area (Å²) in [5, 5.41) is 3.37. The highest BCUT2D eigenvalue weighted by Crippen LogP contribution is 2.28. The molecule has 2 aromatic rings. The minimum atomic E-state index is -3.59. The van der Waals surface area contributed by atoms with Crippen LogP contribution < -0.4 is 9.62 Å². The van der Waals surface area contributed by atoms with E-state index >= 15 is 0 Å². The average molecular weight is 601 g/mol. The predicted molar refractivity (Wildman–Crippen MR) is 150 cm³/mol. The van der Waals surface area contributed by atoms with Crippen molar-refractivity contribution in [3.8, 4) is 0 Å². The summed E-state index contributed by atoms with van der Waals surface area (Å²) in [5.41, 5.74) is 2.03. The summed E-state index contributed by atoms with van der Waals surface area (Å²) >= 11 is 9.66. The number of hydrogen-bond acceptors (Lipinski definition) is 4. The zero-order valence-corrected chi connectivity index (χ0v) is 24.6. The van der Waals surface area contributed by atoms with Crippen LogP contribution in [-0.4, -0.2) is 50.5 Å². The average Bonchev–Trinajstić information content (AvgIpc) is 2.79. The maximum atomic E-state index is 13.4. The van der Waals surface area contributed by atoms with Crippen molar-refractivity contribution < 1.29 is 18.0 Å². The molecule has 0 aromatic heterocycles. The van der Waals surface area contributed by atoms with E-state index in [1.54, 1.807) is 36.9 Å². The van der Waals surface area contributed by atoms with Gasteiger partial charge in [0.15, 0.2) is 0 Å². The Bertz CT molecular complexity index is 1170. The second-order valence-corrected chi connectivity index (χ2v) is 12.5. The topological polar surface area (TPSA) is 86.8 Å². The lowest BCUT2D eigenvalue weighted by Crippen LogP contribution is -2.48. The minimum Gasteiger partial charge on any atom is -0.354 e. The molecule has 2 amide bonds. The molecule has 10 heteroatoms. The van der Waals surface area contributed by atoms with Crippen LogP contribution in [0.3, 0.4) is 0 Å². The lowest BCUT2D eigenvalue weighted by Gasteiger charge is -2.30. The fourth-order valence-corrected chi connectivity index (χ4v) is 5.35. The van der Waals surface area contributed by atoms with Gasteiger partial charge in [0.05, 0.1) is 11.9 Å². The van der Waals surface area contributed by atoms with Crippen molar-refractivity contribution in [2.45, 2.75) is 53.1 Å². The zero-order chi connectivity index (χ0) is 27.0. The first kappa shape index (κ1) is 30.1. The van der Waals surface area contributed by atoms with E-state index in [2.05, 4.69) is 21.2 Å². The standard InChI is InChI=1S/C26H35BrClN3O4S/c1-18(2)16-29-26(33)20(4)30(17-21-9-6-10-22(27)15-21)25(32)13-8-14-31(36(5,34)35)24-12-7-11-23(28)19(24)3/h6-7,9-12,15,18,20H,8,13-14,16-17H2,1-5H3,(H,29,33).